The van der Waals surface area contributed by atoms with Crippen LogP contribution < -0.4 is 4.72 Å². The number of benzene rings is 2. The van der Waals surface area contributed by atoms with Crippen LogP contribution in [0.4, 0.5) is 5.69 Å². The van der Waals surface area contributed by atoms with Crippen LogP contribution in [0.15, 0.2) is 54.6 Å². The van der Waals surface area contributed by atoms with E-state index >= 15 is 0 Å². The summed E-state index contributed by atoms with van der Waals surface area (Å²) in [5.74, 6) is -0.118. The number of carbonyl (C=O) groups is 1. The van der Waals surface area contributed by atoms with E-state index < -0.39 is 10.0 Å². The van der Waals surface area contributed by atoms with Crippen molar-refractivity contribution in [2.45, 2.75) is 20.3 Å². The summed E-state index contributed by atoms with van der Waals surface area (Å²) < 4.78 is 25.5. The molecule has 0 bridgehead atoms. The van der Waals surface area contributed by atoms with E-state index in [9.17, 15) is 13.2 Å². The maximum absolute atomic E-state index is 12.2. The average Bonchev–Trinajstić information content (AvgIpc) is 2.60. The lowest BCUT2D eigenvalue weighted by Gasteiger charge is -2.06. The van der Waals surface area contributed by atoms with Gasteiger partial charge in [-0.3, -0.25) is 9.52 Å². The Kier molecular flexibility index (Phi) is 5.93. The molecule has 0 unspecified atom stereocenters. The molecule has 1 N–H and O–H groups in total. The van der Waals surface area contributed by atoms with Crippen molar-refractivity contribution in [3.8, 4) is 0 Å². The van der Waals surface area contributed by atoms with Gasteiger partial charge in [-0.2, -0.15) is 0 Å². The standard InChI is InChI=1S/C19H21NO3S/c1-3-15-5-7-16(8-6-15)9-14-19(21)17-10-12-18(13-11-17)20-24(22,23)4-2/h5-14,20H,3-4H2,1-2H3/b14-9+. The molecule has 2 aromatic carbocycles. The Bertz CT molecular complexity index is 820. The molecule has 0 aromatic heterocycles. The number of aryl methyl sites for hydroxylation is 1. The van der Waals surface area contributed by atoms with Crippen molar-refractivity contribution in [1.29, 1.82) is 0 Å². The molecule has 5 heteroatoms. The van der Waals surface area contributed by atoms with Gasteiger partial charge in [0.05, 0.1) is 5.75 Å². The minimum absolute atomic E-state index is 0.00718. The van der Waals surface area contributed by atoms with Crippen LogP contribution >= 0.6 is 0 Å². The first kappa shape index (κ1) is 17.9. The SMILES string of the molecule is CCc1ccc(/C=C/C(=O)c2ccc(NS(=O)(=O)CC)cc2)cc1. The molecular formula is C19H21NO3S. The van der Waals surface area contributed by atoms with Crippen molar-refractivity contribution in [1.82, 2.24) is 0 Å². The van der Waals surface area contributed by atoms with Crippen LogP contribution in [0, 0.1) is 0 Å². The molecule has 0 aliphatic rings. The van der Waals surface area contributed by atoms with Gasteiger partial charge in [0, 0.05) is 11.3 Å². The third-order valence-electron chi connectivity index (χ3n) is 3.64. The molecule has 0 saturated heterocycles. The van der Waals surface area contributed by atoms with Gasteiger partial charge < -0.3 is 0 Å². The zero-order chi connectivity index (χ0) is 17.6. The van der Waals surface area contributed by atoms with Crippen LogP contribution in [0.1, 0.15) is 35.3 Å². The Labute approximate surface area is 143 Å². The summed E-state index contributed by atoms with van der Waals surface area (Å²) in [6.07, 6.45) is 4.28. The highest BCUT2D eigenvalue weighted by Crippen LogP contribution is 2.13. The summed E-state index contributed by atoms with van der Waals surface area (Å²) >= 11 is 0. The second-order valence-corrected chi connectivity index (χ2v) is 7.39. The highest BCUT2D eigenvalue weighted by molar-refractivity contribution is 7.92. The Morgan fingerprint density at radius 2 is 1.62 bits per heavy atom. The minimum Gasteiger partial charge on any atom is -0.289 e. The van der Waals surface area contributed by atoms with E-state index in [1.165, 1.54) is 11.6 Å². The highest BCUT2D eigenvalue weighted by atomic mass is 32.2. The summed E-state index contributed by atoms with van der Waals surface area (Å²) in [6.45, 7) is 3.66. The number of nitrogens with one attached hydrogen (secondary N) is 1. The smallest absolute Gasteiger partial charge is 0.232 e. The summed E-state index contributed by atoms with van der Waals surface area (Å²) in [5, 5.41) is 0. The maximum Gasteiger partial charge on any atom is 0.232 e. The fourth-order valence-corrected chi connectivity index (χ4v) is 2.73. The van der Waals surface area contributed by atoms with Crippen molar-refractivity contribution >= 4 is 27.6 Å². The predicted molar refractivity (Wildman–Crippen MR) is 98.7 cm³/mol. The van der Waals surface area contributed by atoms with E-state index in [-0.39, 0.29) is 11.5 Å². The Morgan fingerprint density at radius 3 is 2.17 bits per heavy atom. The first-order valence-corrected chi connectivity index (χ1v) is 9.50. The fraction of sp³-hybridized carbons (Fsp3) is 0.211. The van der Waals surface area contributed by atoms with Crippen LogP contribution in [0.3, 0.4) is 0 Å². The van der Waals surface area contributed by atoms with Crippen molar-refractivity contribution in [3.05, 3.63) is 71.3 Å². The highest BCUT2D eigenvalue weighted by Gasteiger charge is 2.07. The van der Waals surface area contributed by atoms with Gasteiger partial charge in [-0.25, -0.2) is 8.42 Å². The minimum atomic E-state index is -3.31. The molecule has 0 radical (unpaired) electrons. The van der Waals surface area contributed by atoms with Gasteiger partial charge in [0.25, 0.3) is 0 Å². The largest absolute Gasteiger partial charge is 0.289 e. The molecule has 126 valence electrons. The van der Waals surface area contributed by atoms with E-state index in [0.29, 0.717) is 11.3 Å². The number of carbonyl (C=O) groups excluding carboxylic acids is 1. The maximum atomic E-state index is 12.2. The molecule has 0 saturated carbocycles. The van der Waals surface area contributed by atoms with E-state index in [1.807, 2.05) is 24.3 Å². The molecule has 24 heavy (non-hydrogen) atoms. The van der Waals surface area contributed by atoms with Crippen LogP contribution in [-0.4, -0.2) is 20.0 Å². The second kappa shape index (κ2) is 7.93. The van der Waals surface area contributed by atoms with Crippen LogP contribution in [0.25, 0.3) is 6.08 Å². The van der Waals surface area contributed by atoms with Gasteiger partial charge in [0.1, 0.15) is 0 Å². The molecule has 0 atom stereocenters. The molecule has 0 amide bonds. The topological polar surface area (TPSA) is 63.2 Å². The number of anilines is 1. The van der Waals surface area contributed by atoms with Crippen molar-refractivity contribution < 1.29 is 13.2 Å². The lowest BCUT2D eigenvalue weighted by Crippen LogP contribution is -2.14. The first-order valence-electron chi connectivity index (χ1n) is 7.85. The average molecular weight is 343 g/mol. The van der Waals surface area contributed by atoms with E-state index in [0.717, 1.165) is 12.0 Å². The van der Waals surface area contributed by atoms with Gasteiger partial charge in [-0.1, -0.05) is 37.3 Å². The first-order chi connectivity index (χ1) is 11.4. The number of ketones is 1. The third-order valence-corrected chi connectivity index (χ3v) is 4.94. The summed E-state index contributed by atoms with van der Waals surface area (Å²) in [7, 11) is -3.31. The number of hydrogen-bond donors (Lipinski definition) is 1. The molecule has 0 aliphatic heterocycles. The molecule has 0 spiro atoms. The molecule has 4 nitrogen and oxygen atoms in total. The van der Waals surface area contributed by atoms with Crippen LogP contribution in [0.2, 0.25) is 0 Å². The molecule has 2 rings (SSSR count). The van der Waals surface area contributed by atoms with Crippen LogP contribution in [-0.2, 0) is 16.4 Å². The van der Waals surface area contributed by atoms with Crippen LogP contribution in [0.5, 0.6) is 0 Å². The number of sulfonamides is 1. The Hall–Kier alpha value is -2.40. The van der Waals surface area contributed by atoms with Gasteiger partial charge in [-0.15, -0.1) is 0 Å². The van der Waals surface area contributed by atoms with E-state index in [4.69, 9.17) is 0 Å². The van der Waals surface area contributed by atoms with Crippen molar-refractivity contribution in [3.63, 3.8) is 0 Å². The second-order valence-electron chi connectivity index (χ2n) is 5.38. The number of rotatable bonds is 7. The fourth-order valence-electron chi connectivity index (χ4n) is 2.09. The van der Waals surface area contributed by atoms with E-state index in [2.05, 4.69) is 11.6 Å². The molecule has 0 heterocycles. The van der Waals surface area contributed by atoms with Crippen molar-refractivity contribution in [2.24, 2.45) is 0 Å². The van der Waals surface area contributed by atoms with Gasteiger partial charge >= 0.3 is 0 Å². The lowest BCUT2D eigenvalue weighted by atomic mass is 10.1. The zero-order valence-corrected chi connectivity index (χ0v) is 14.6. The molecular weight excluding hydrogens is 322 g/mol. The summed E-state index contributed by atoms with van der Waals surface area (Å²) in [6, 6.07) is 14.4. The predicted octanol–water partition coefficient (Wildman–Crippen LogP) is 3.91. The third kappa shape index (κ3) is 5.06. The lowest BCUT2D eigenvalue weighted by molar-refractivity contribution is 0.104. The summed E-state index contributed by atoms with van der Waals surface area (Å²) in [5.41, 5.74) is 3.18. The van der Waals surface area contributed by atoms with E-state index in [1.54, 1.807) is 37.3 Å². The van der Waals surface area contributed by atoms with Crippen molar-refractivity contribution in [2.75, 3.05) is 10.5 Å². The molecule has 0 fully saturated rings. The molecule has 2 aromatic rings. The number of allylic oxidation sites excluding steroid dienone is 1. The Morgan fingerprint density at radius 1 is 1.00 bits per heavy atom. The van der Waals surface area contributed by atoms with Gasteiger partial charge in [-0.05, 0) is 54.8 Å². The molecule has 0 aliphatic carbocycles. The monoisotopic (exact) mass is 343 g/mol. The van der Waals surface area contributed by atoms with Gasteiger partial charge in [0.15, 0.2) is 5.78 Å². The summed E-state index contributed by atoms with van der Waals surface area (Å²) in [4.78, 5) is 12.2. The zero-order valence-electron chi connectivity index (χ0n) is 13.8. The number of hydrogen-bond acceptors (Lipinski definition) is 3. The quantitative estimate of drug-likeness (QED) is 0.612. The Balaban J connectivity index is 2.05. The normalized spacial score (nSPS) is 11.6. The van der Waals surface area contributed by atoms with Gasteiger partial charge in [0.2, 0.25) is 10.0 Å².